The summed E-state index contributed by atoms with van der Waals surface area (Å²) in [6, 6.07) is 5.28. The van der Waals surface area contributed by atoms with Crippen LogP contribution in [-0.2, 0) is 4.79 Å². The van der Waals surface area contributed by atoms with Crippen molar-refractivity contribution in [2.45, 2.75) is 0 Å². The average Bonchev–Trinajstić information content (AvgIpc) is 2.76. The number of nitrogens with zero attached hydrogens (tertiary/aromatic N) is 3. The number of hydrogen-bond donors (Lipinski definition) is 1. The Kier molecular flexibility index (Phi) is 2.73. The molecule has 2 aromatic heterocycles. The molecule has 6 heteroatoms. The van der Waals surface area contributed by atoms with Crippen molar-refractivity contribution in [3.05, 3.63) is 36.4 Å². The van der Waals surface area contributed by atoms with Crippen molar-refractivity contribution < 1.29 is 14.3 Å². The lowest BCUT2D eigenvalue weighted by atomic mass is 10.3. The van der Waals surface area contributed by atoms with Gasteiger partial charge in [-0.3, -0.25) is 4.98 Å². The Morgan fingerprint density at radius 3 is 2.94 bits per heavy atom. The number of hydrogen-bond acceptors (Lipinski definition) is 5. The van der Waals surface area contributed by atoms with Gasteiger partial charge in [0.1, 0.15) is 5.69 Å². The lowest BCUT2D eigenvalue weighted by Gasteiger charge is -1.89. The maximum atomic E-state index is 10.3. The summed E-state index contributed by atoms with van der Waals surface area (Å²) >= 11 is 0. The van der Waals surface area contributed by atoms with Crippen LogP contribution in [0.2, 0.25) is 0 Å². The van der Waals surface area contributed by atoms with Gasteiger partial charge in [-0.1, -0.05) is 6.07 Å². The first-order chi connectivity index (χ1) is 7.75. The molecule has 0 aliphatic rings. The van der Waals surface area contributed by atoms with Gasteiger partial charge in [0.2, 0.25) is 5.89 Å². The second-order valence-electron chi connectivity index (χ2n) is 2.83. The molecule has 0 spiro atoms. The number of aromatic nitrogens is 3. The highest BCUT2D eigenvalue weighted by Gasteiger charge is 2.06. The van der Waals surface area contributed by atoms with Crippen molar-refractivity contribution in [1.29, 1.82) is 0 Å². The Balaban J connectivity index is 2.23. The van der Waals surface area contributed by atoms with Crippen LogP contribution >= 0.6 is 0 Å². The van der Waals surface area contributed by atoms with E-state index in [4.69, 9.17) is 9.52 Å². The summed E-state index contributed by atoms with van der Waals surface area (Å²) in [5.74, 6) is -0.689. The molecule has 2 rings (SSSR count). The Morgan fingerprint density at radius 1 is 1.38 bits per heavy atom. The van der Waals surface area contributed by atoms with Crippen LogP contribution in [0.1, 0.15) is 5.89 Å². The van der Waals surface area contributed by atoms with Crippen molar-refractivity contribution >= 4 is 12.0 Å². The molecule has 2 aromatic rings. The van der Waals surface area contributed by atoms with Crippen molar-refractivity contribution in [2.24, 2.45) is 0 Å². The summed E-state index contributed by atoms with van der Waals surface area (Å²) in [5, 5.41) is 15.8. The summed E-state index contributed by atoms with van der Waals surface area (Å²) < 4.78 is 5.19. The number of carboxylic acid groups (broad SMARTS) is 1. The third-order valence-corrected chi connectivity index (χ3v) is 1.69. The lowest BCUT2D eigenvalue weighted by molar-refractivity contribution is -0.131. The third-order valence-electron chi connectivity index (χ3n) is 1.69. The molecule has 0 aromatic carbocycles. The standard InChI is InChI=1S/C10H7N3O3/c14-9(15)5-4-8-12-13-10(16-8)7-3-1-2-6-11-7/h1-6H,(H,14,15)/b5-4+. The molecule has 0 aliphatic carbocycles. The van der Waals surface area contributed by atoms with Crippen molar-refractivity contribution in [2.75, 3.05) is 0 Å². The molecule has 1 N–H and O–H groups in total. The molecule has 6 nitrogen and oxygen atoms in total. The molecule has 0 atom stereocenters. The topological polar surface area (TPSA) is 89.1 Å². The number of aliphatic carboxylic acids is 1. The van der Waals surface area contributed by atoms with Gasteiger partial charge in [0, 0.05) is 18.3 Å². The van der Waals surface area contributed by atoms with Gasteiger partial charge in [0.15, 0.2) is 0 Å². The molecular formula is C10H7N3O3. The van der Waals surface area contributed by atoms with Crippen LogP contribution in [0.4, 0.5) is 0 Å². The van der Waals surface area contributed by atoms with Crippen LogP contribution in [-0.4, -0.2) is 26.3 Å². The number of pyridine rings is 1. The first-order valence-corrected chi connectivity index (χ1v) is 4.41. The van der Waals surface area contributed by atoms with E-state index in [1.807, 2.05) is 0 Å². The van der Waals surface area contributed by atoms with E-state index in [0.717, 1.165) is 6.08 Å². The average molecular weight is 217 g/mol. The molecule has 0 aliphatic heterocycles. The lowest BCUT2D eigenvalue weighted by Crippen LogP contribution is -1.85. The molecule has 80 valence electrons. The van der Waals surface area contributed by atoms with Gasteiger partial charge in [0.25, 0.3) is 5.89 Å². The Labute approximate surface area is 90.3 Å². The van der Waals surface area contributed by atoms with E-state index in [1.54, 1.807) is 24.4 Å². The van der Waals surface area contributed by atoms with Gasteiger partial charge < -0.3 is 9.52 Å². The summed E-state index contributed by atoms with van der Waals surface area (Å²) in [6.07, 6.45) is 3.75. The summed E-state index contributed by atoms with van der Waals surface area (Å²) in [5.41, 5.74) is 0.546. The van der Waals surface area contributed by atoms with E-state index in [-0.39, 0.29) is 11.8 Å². The van der Waals surface area contributed by atoms with Crippen LogP contribution in [0, 0.1) is 0 Å². The molecule has 0 bridgehead atoms. The predicted molar refractivity (Wildman–Crippen MR) is 54.2 cm³/mol. The monoisotopic (exact) mass is 217 g/mol. The van der Waals surface area contributed by atoms with Gasteiger partial charge in [-0.25, -0.2) is 4.79 Å². The molecule has 16 heavy (non-hydrogen) atoms. The van der Waals surface area contributed by atoms with Crippen molar-refractivity contribution in [3.63, 3.8) is 0 Å². The van der Waals surface area contributed by atoms with Gasteiger partial charge in [0.05, 0.1) is 0 Å². The molecular weight excluding hydrogens is 210 g/mol. The highest BCUT2D eigenvalue weighted by molar-refractivity contribution is 5.84. The van der Waals surface area contributed by atoms with Gasteiger partial charge >= 0.3 is 5.97 Å². The van der Waals surface area contributed by atoms with E-state index < -0.39 is 5.97 Å². The Morgan fingerprint density at radius 2 is 2.25 bits per heavy atom. The summed E-state index contributed by atoms with van der Waals surface area (Å²) in [4.78, 5) is 14.3. The third kappa shape index (κ3) is 2.30. The first-order valence-electron chi connectivity index (χ1n) is 4.41. The second kappa shape index (κ2) is 4.35. The summed E-state index contributed by atoms with van der Waals surface area (Å²) in [6.45, 7) is 0. The molecule has 0 saturated heterocycles. The minimum absolute atomic E-state index is 0.128. The maximum absolute atomic E-state index is 10.3. The maximum Gasteiger partial charge on any atom is 0.328 e. The van der Waals surface area contributed by atoms with Gasteiger partial charge in [-0.15, -0.1) is 10.2 Å². The van der Waals surface area contributed by atoms with Crippen LogP contribution in [0.5, 0.6) is 0 Å². The Hall–Kier alpha value is -2.50. The normalized spacial score (nSPS) is 10.8. The highest BCUT2D eigenvalue weighted by Crippen LogP contribution is 2.14. The Bertz CT molecular complexity index is 519. The fraction of sp³-hybridized carbons (Fsp3) is 0. The zero-order valence-corrected chi connectivity index (χ0v) is 8.07. The molecule has 0 amide bonds. The molecule has 0 fully saturated rings. The molecule has 0 radical (unpaired) electrons. The van der Waals surface area contributed by atoms with E-state index in [9.17, 15) is 4.79 Å². The zero-order chi connectivity index (χ0) is 11.4. The highest BCUT2D eigenvalue weighted by atomic mass is 16.4. The quantitative estimate of drug-likeness (QED) is 0.777. The SMILES string of the molecule is O=C(O)/C=C/c1nnc(-c2ccccn2)o1. The van der Waals surface area contributed by atoms with Crippen molar-refractivity contribution in [3.8, 4) is 11.6 Å². The van der Waals surface area contributed by atoms with Gasteiger partial charge in [-0.05, 0) is 12.1 Å². The minimum atomic E-state index is -1.07. The molecule has 0 saturated carbocycles. The smallest absolute Gasteiger partial charge is 0.328 e. The van der Waals surface area contributed by atoms with Crippen LogP contribution in [0.25, 0.3) is 17.7 Å². The van der Waals surface area contributed by atoms with Crippen LogP contribution in [0.3, 0.4) is 0 Å². The molecule has 2 heterocycles. The van der Waals surface area contributed by atoms with Crippen LogP contribution in [0.15, 0.2) is 34.9 Å². The summed E-state index contributed by atoms with van der Waals surface area (Å²) in [7, 11) is 0. The van der Waals surface area contributed by atoms with E-state index in [1.165, 1.54) is 6.08 Å². The zero-order valence-electron chi connectivity index (χ0n) is 8.07. The predicted octanol–water partition coefficient (Wildman–Crippen LogP) is 1.23. The number of rotatable bonds is 3. The van der Waals surface area contributed by atoms with E-state index in [2.05, 4.69) is 15.2 Å². The van der Waals surface area contributed by atoms with E-state index in [0.29, 0.717) is 5.69 Å². The number of carbonyl (C=O) groups is 1. The fourth-order valence-corrected chi connectivity index (χ4v) is 1.04. The van der Waals surface area contributed by atoms with E-state index >= 15 is 0 Å². The number of carboxylic acids is 1. The second-order valence-corrected chi connectivity index (χ2v) is 2.83. The molecule has 0 unspecified atom stereocenters. The minimum Gasteiger partial charge on any atom is -0.478 e. The first kappa shape index (κ1) is 10.0. The fourth-order valence-electron chi connectivity index (χ4n) is 1.04. The largest absolute Gasteiger partial charge is 0.478 e. The van der Waals surface area contributed by atoms with Gasteiger partial charge in [-0.2, -0.15) is 0 Å². The van der Waals surface area contributed by atoms with Crippen molar-refractivity contribution in [1.82, 2.24) is 15.2 Å². The van der Waals surface area contributed by atoms with Crippen LogP contribution < -0.4 is 0 Å².